The average molecular weight is 275 g/mol. The van der Waals surface area contributed by atoms with Crippen molar-refractivity contribution in [1.29, 1.82) is 0 Å². The van der Waals surface area contributed by atoms with E-state index in [9.17, 15) is 9.59 Å². The van der Waals surface area contributed by atoms with Gasteiger partial charge in [-0.15, -0.1) is 0 Å². The Labute approximate surface area is 114 Å². The second kappa shape index (κ2) is 6.75. The highest BCUT2D eigenvalue weighted by Gasteiger charge is 2.26. The molecule has 0 aromatic rings. The molecule has 0 rings (SSSR count). The molecule has 0 aliphatic rings. The van der Waals surface area contributed by atoms with E-state index in [-0.39, 0.29) is 12.0 Å². The number of ether oxygens (including phenoxy) is 2. The lowest BCUT2D eigenvalue weighted by Crippen LogP contribution is -2.46. The third-order valence-electron chi connectivity index (χ3n) is 1.81. The van der Waals surface area contributed by atoms with Crippen molar-refractivity contribution in [3.05, 3.63) is 0 Å². The van der Waals surface area contributed by atoms with Crippen LogP contribution < -0.4 is 5.32 Å². The number of aliphatic hydroxyl groups is 1. The Balaban J connectivity index is 4.34. The minimum atomic E-state index is -1.11. The van der Waals surface area contributed by atoms with Gasteiger partial charge in [-0.2, -0.15) is 0 Å². The third-order valence-corrected chi connectivity index (χ3v) is 1.81. The van der Waals surface area contributed by atoms with Crippen LogP contribution in [0, 0.1) is 5.41 Å². The van der Waals surface area contributed by atoms with Gasteiger partial charge in [-0.1, -0.05) is 20.8 Å². The molecule has 6 heteroatoms. The minimum Gasteiger partial charge on any atom is -0.464 e. The molecule has 0 heterocycles. The smallest absolute Gasteiger partial charge is 0.408 e. The van der Waals surface area contributed by atoms with Crippen molar-refractivity contribution in [2.75, 3.05) is 13.2 Å². The summed E-state index contributed by atoms with van der Waals surface area (Å²) >= 11 is 0. The van der Waals surface area contributed by atoms with Gasteiger partial charge in [-0.3, -0.25) is 0 Å². The first-order valence-corrected chi connectivity index (χ1v) is 6.21. The molecule has 0 aliphatic carbocycles. The molecule has 1 unspecified atom stereocenters. The van der Waals surface area contributed by atoms with Crippen LogP contribution in [0.25, 0.3) is 0 Å². The fourth-order valence-corrected chi connectivity index (χ4v) is 1.02. The predicted molar refractivity (Wildman–Crippen MR) is 70.7 cm³/mol. The van der Waals surface area contributed by atoms with Gasteiger partial charge in [0, 0.05) is 0 Å². The summed E-state index contributed by atoms with van der Waals surface area (Å²) in [6.07, 6.45) is -0.765. The fourth-order valence-electron chi connectivity index (χ4n) is 1.02. The van der Waals surface area contributed by atoms with Gasteiger partial charge in [0.2, 0.25) is 0 Å². The summed E-state index contributed by atoms with van der Waals surface area (Å²) in [5, 5.41) is 11.4. The van der Waals surface area contributed by atoms with Gasteiger partial charge in [0.25, 0.3) is 0 Å². The highest BCUT2D eigenvalue weighted by atomic mass is 16.6. The van der Waals surface area contributed by atoms with E-state index < -0.39 is 30.3 Å². The van der Waals surface area contributed by atoms with Crippen molar-refractivity contribution in [2.45, 2.75) is 53.2 Å². The van der Waals surface area contributed by atoms with Crippen molar-refractivity contribution in [1.82, 2.24) is 5.32 Å². The Bertz CT molecular complexity index is 314. The van der Waals surface area contributed by atoms with E-state index in [1.165, 1.54) is 0 Å². The molecule has 2 N–H and O–H groups in total. The zero-order valence-electron chi connectivity index (χ0n) is 12.6. The number of hydrogen-bond acceptors (Lipinski definition) is 5. The van der Waals surface area contributed by atoms with Gasteiger partial charge in [-0.25, -0.2) is 9.59 Å². The summed E-state index contributed by atoms with van der Waals surface area (Å²) in [7, 11) is 0. The number of carbonyl (C=O) groups is 2. The standard InChI is InChI=1S/C13H25NO5/c1-12(2,3)8-18-10(16)9(7-15)14-11(17)19-13(4,5)6/h9,15H,7-8H2,1-6H3,(H,14,17). The molecule has 112 valence electrons. The van der Waals surface area contributed by atoms with Gasteiger partial charge in [0.1, 0.15) is 5.60 Å². The van der Waals surface area contributed by atoms with Gasteiger partial charge < -0.3 is 19.9 Å². The Kier molecular flexibility index (Phi) is 6.29. The quantitative estimate of drug-likeness (QED) is 0.759. The highest BCUT2D eigenvalue weighted by Crippen LogP contribution is 2.13. The molecular formula is C13H25NO5. The molecule has 0 aromatic carbocycles. The first kappa shape index (κ1) is 17.7. The topological polar surface area (TPSA) is 84.9 Å². The lowest BCUT2D eigenvalue weighted by Gasteiger charge is -2.23. The number of amides is 1. The minimum absolute atomic E-state index is 0.179. The molecule has 0 saturated carbocycles. The maximum Gasteiger partial charge on any atom is 0.408 e. The normalized spacial score (nSPS) is 13.6. The Hall–Kier alpha value is -1.30. The molecule has 0 aliphatic heterocycles. The van der Waals surface area contributed by atoms with Gasteiger partial charge in [0.05, 0.1) is 13.2 Å². The first-order valence-electron chi connectivity index (χ1n) is 6.21. The number of nitrogens with one attached hydrogen (secondary N) is 1. The van der Waals surface area contributed by atoms with Gasteiger partial charge in [-0.05, 0) is 26.2 Å². The molecule has 0 bridgehead atoms. The van der Waals surface area contributed by atoms with Crippen molar-refractivity contribution in [3.63, 3.8) is 0 Å². The molecular weight excluding hydrogens is 250 g/mol. The van der Waals surface area contributed by atoms with E-state index in [0.29, 0.717) is 0 Å². The summed E-state index contributed by atoms with van der Waals surface area (Å²) in [6, 6.07) is -1.11. The van der Waals surface area contributed by atoms with Crippen LogP contribution in [-0.2, 0) is 14.3 Å². The Morgan fingerprint density at radius 3 is 2.05 bits per heavy atom. The summed E-state index contributed by atoms with van der Waals surface area (Å²) < 4.78 is 10.0. The molecule has 0 radical (unpaired) electrons. The van der Waals surface area contributed by atoms with Crippen LogP contribution in [0.3, 0.4) is 0 Å². The van der Waals surface area contributed by atoms with Crippen molar-refractivity contribution in [3.8, 4) is 0 Å². The maximum atomic E-state index is 11.7. The third kappa shape index (κ3) is 9.30. The van der Waals surface area contributed by atoms with Crippen molar-refractivity contribution >= 4 is 12.1 Å². The summed E-state index contributed by atoms with van der Waals surface area (Å²) in [5.41, 5.74) is -0.846. The monoisotopic (exact) mass is 275 g/mol. The van der Waals surface area contributed by atoms with Gasteiger partial charge >= 0.3 is 12.1 Å². The molecule has 0 aromatic heterocycles. The van der Waals surface area contributed by atoms with Crippen LogP contribution in [0.4, 0.5) is 4.79 Å². The highest BCUT2D eigenvalue weighted by molar-refractivity contribution is 5.81. The van der Waals surface area contributed by atoms with Crippen LogP contribution in [0.1, 0.15) is 41.5 Å². The van der Waals surface area contributed by atoms with Crippen LogP contribution in [0.2, 0.25) is 0 Å². The van der Waals surface area contributed by atoms with E-state index in [0.717, 1.165) is 0 Å². The zero-order chi connectivity index (χ0) is 15.3. The SMILES string of the molecule is CC(C)(C)COC(=O)C(CO)NC(=O)OC(C)(C)C. The molecule has 0 fully saturated rings. The van der Waals surface area contributed by atoms with E-state index in [1.54, 1.807) is 20.8 Å². The van der Waals surface area contributed by atoms with E-state index in [4.69, 9.17) is 14.6 Å². The van der Waals surface area contributed by atoms with Crippen LogP contribution in [0.5, 0.6) is 0 Å². The molecule has 6 nitrogen and oxygen atoms in total. The number of aliphatic hydroxyl groups excluding tert-OH is 1. The van der Waals surface area contributed by atoms with E-state index in [1.807, 2.05) is 20.8 Å². The second-order valence-corrected chi connectivity index (χ2v) is 6.55. The van der Waals surface area contributed by atoms with Crippen molar-refractivity contribution in [2.24, 2.45) is 5.41 Å². The summed E-state index contributed by atoms with van der Waals surface area (Å²) in [4.78, 5) is 23.2. The Morgan fingerprint density at radius 1 is 1.16 bits per heavy atom. The van der Waals surface area contributed by atoms with Gasteiger partial charge in [0.15, 0.2) is 6.04 Å². The largest absolute Gasteiger partial charge is 0.464 e. The summed E-state index contributed by atoms with van der Waals surface area (Å²) in [5.74, 6) is -0.678. The molecule has 0 saturated heterocycles. The number of esters is 1. The second-order valence-electron chi connectivity index (χ2n) is 6.55. The number of hydrogen-bond donors (Lipinski definition) is 2. The lowest BCUT2D eigenvalue weighted by atomic mass is 9.99. The molecule has 0 spiro atoms. The van der Waals surface area contributed by atoms with E-state index >= 15 is 0 Å². The number of carbonyl (C=O) groups excluding carboxylic acids is 2. The van der Waals surface area contributed by atoms with Crippen LogP contribution in [0.15, 0.2) is 0 Å². The first-order chi connectivity index (χ1) is 8.44. The summed E-state index contributed by atoms with van der Waals surface area (Å²) in [6.45, 7) is 10.5. The van der Waals surface area contributed by atoms with E-state index in [2.05, 4.69) is 5.32 Å². The number of alkyl carbamates (subject to hydrolysis) is 1. The maximum absolute atomic E-state index is 11.7. The average Bonchev–Trinajstić information content (AvgIpc) is 2.18. The lowest BCUT2D eigenvalue weighted by molar-refractivity contribution is -0.150. The predicted octanol–water partition coefficient (Wildman–Crippen LogP) is 1.46. The fraction of sp³-hybridized carbons (Fsp3) is 0.846. The number of rotatable bonds is 4. The Morgan fingerprint density at radius 2 is 1.68 bits per heavy atom. The molecule has 19 heavy (non-hydrogen) atoms. The molecule has 1 atom stereocenters. The van der Waals surface area contributed by atoms with Crippen LogP contribution in [-0.4, -0.2) is 42.0 Å². The zero-order valence-corrected chi connectivity index (χ0v) is 12.6. The molecule has 1 amide bonds. The van der Waals surface area contributed by atoms with Crippen LogP contribution >= 0.6 is 0 Å². The van der Waals surface area contributed by atoms with Crippen molar-refractivity contribution < 1.29 is 24.2 Å².